The summed E-state index contributed by atoms with van der Waals surface area (Å²) in [5.74, 6) is 0.256. The van der Waals surface area contributed by atoms with E-state index in [1.807, 2.05) is 13.0 Å². The molecular weight excluding hydrogens is 262 g/mol. The Hall–Kier alpha value is -2.77. The maximum absolute atomic E-state index is 11.7. The summed E-state index contributed by atoms with van der Waals surface area (Å²) < 4.78 is 1.36. The van der Waals surface area contributed by atoms with Gasteiger partial charge >= 0.3 is 5.69 Å². The summed E-state index contributed by atoms with van der Waals surface area (Å²) in [6, 6.07) is 3.56. The van der Waals surface area contributed by atoms with Crippen LogP contribution >= 0.6 is 0 Å². The van der Waals surface area contributed by atoms with Gasteiger partial charge in [0, 0.05) is 19.2 Å². The highest BCUT2D eigenvalue weighted by Gasteiger charge is 2.10. The largest absolute Gasteiger partial charge is 0.311 e. The van der Waals surface area contributed by atoms with E-state index in [4.69, 9.17) is 0 Å². The van der Waals surface area contributed by atoms with Crippen molar-refractivity contribution >= 4 is 17.4 Å². The van der Waals surface area contributed by atoms with Gasteiger partial charge in [-0.15, -0.1) is 0 Å². The molecule has 2 heterocycles. The van der Waals surface area contributed by atoms with E-state index in [0.29, 0.717) is 5.82 Å². The van der Waals surface area contributed by atoms with Gasteiger partial charge in [-0.05, 0) is 18.6 Å². The van der Waals surface area contributed by atoms with Gasteiger partial charge < -0.3 is 5.32 Å². The zero-order valence-electron chi connectivity index (χ0n) is 10.8. The van der Waals surface area contributed by atoms with Crippen LogP contribution in [0.25, 0.3) is 0 Å². The van der Waals surface area contributed by atoms with Crippen LogP contribution in [0.4, 0.5) is 11.5 Å². The molecule has 104 valence electrons. The molecule has 2 rings (SSSR count). The van der Waals surface area contributed by atoms with Crippen molar-refractivity contribution in [1.82, 2.24) is 14.8 Å². The zero-order chi connectivity index (χ0) is 14.5. The minimum absolute atomic E-state index is 0.0920. The maximum atomic E-state index is 11.7. The van der Waals surface area contributed by atoms with Crippen molar-refractivity contribution in [2.24, 2.45) is 0 Å². The van der Waals surface area contributed by atoms with Crippen molar-refractivity contribution < 1.29 is 9.72 Å². The van der Waals surface area contributed by atoms with E-state index in [1.165, 1.54) is 10.9 Å². The summed E-state index contributed by atoms with van der Waals surface area (Å²) in [5, 5.41) is 16.9. The average molecular weight is 275 g/mol. The van der Waals surface area contributed by atoms with Crippen molar-refractivity contribution in [2.75, 3.05) is 5.32 Å². The Morgan fingerprint density at radius 1 is 1.45 bits per heavy atom. The lowest BCUT2D eigenvalue weighted by molar-refractivity contribution is -0.385. The first-order valence-corrected chi connectivity index (χ1v) is 5.94. The molecule has 1 N–H and O–H groups in total. The molecule has 0 aliphatic carbocycles. The van der Waals surface area contributed by atoms with E-state index in [1.54, 1.807) is 12.3 Å². The van der Waals surface area contributed by atoms with E-state index in [9.17, 15) is 14.9 Å². The Morgan fingerprint density at radius 2 is 2.25 bits per heavy atom. The van der Waals surface area contributed by atoms with Crippen LogP contribution in [0.15, 0.2) is 30.7 Å². The van der Waals surface area contributed by atoms with E-state index < -0.39 is 4.92 Å². The van der Waals surface area contributed by atoms with Crippen LogP contribution < -0.4 is 5.32 Å². The normalized spacial score (nSPS) is 10.2. The van der Waals surface area contributed by atoms with Crippen LogP contribution in [0.1, 0.15) is 12.0 Å². The van der Waals surface area contributed by atoms with Gasteiger partial charge in [-0.2, -0.15) is 5.10 Å². The summed E-state index contributed by atoms with van der Waals surface area (Å²) in [6.07, 6.45) is 4.26. The van der Waals surface area contributed by atoms with Gasteiger partial charge in [-0.1, -0.05) is 6.07 Å². The van der Waals surface area contributed by atoms with Gasteiger partial charge in [-0.3, -0.25) is 19.6 Å². The van der Waals surface area contributed by atoms with Crippen LogP contribution in [0.2, 0.25) is 0 Å². The number of pyridine rings is 1. The number of aromatic nitrogens is 3. The minimum Gasteiger partial charge on any atom is -0.311 e. The van der Waals surface area contributed by atoms with Crippen molar-refractivity contribution in [2.45, 2.75) is 19.9 Å². The standard InChI is InChI=1S/C12H13N5O3/c1-9-2-3-11(13-6-9)15-12(18)4-5-16-8-10(7-14-16)17(19)20/h2-3,6-8H,4-5H2,1H3,(H,13,15,18). The quantitative estimate of drug-likeness (QED) is 0.658. The Balaban J connectivity index is 1.85. The molecule has 0 aromatic carbocycles. The Bertz CT molecular complexity index is 620. The number of rotatable bonds is 5. The van der Waals surface area contributed by atoms with Crippen molar-refractivity contribution in [1.29, 1.82) is 0 Å². The lowest BCUT2D eigenvalue weighted by atomic mass is 10.3. The third kappa shape index (κ3) is 3.61. The van der Waals surface area contributed by atoms with E-state index in [0.717, 1.165) is 11.8 Å². The number of nitro groups is 1. The van der Waals surface area contributed by atoms with Crippen LogP contribution in [0.3, 0.4) is 0 Å². The van der Waals surface area contributed by atoms with Gasteiger partial charge in [0.2, 0.25) is 5.91 Å². The van der Waals surface area contributed by atoms with E-state index in [2.05, 4.69) is 15.4 Å². The van der Waals surface area contributed by atoms with Crippen LogP contribution in [-0.2, 0) is 11.3 Å². The fraction of sp³-hybridized carbons (Fsp3) is 0.250. The Labute approximate surface area is 114 Å². The molecule has 0 fully saturated rings. The molecule has 20 heavy (non-hydrogen) atoms. The molecule has 0 radical (unpaired) electrons. The molecular formula is C12H13N5O3. The highest BCUT2D eigenvalue weighted by molar-refractivity contribution is 5.89. The Morgan fingerprint density at radius 3 is 2.85 bits per heavy atom. The van der Waals surface area contributed by atoms with Crippen molar-refractivity contribution in [3.05, 3.63) is 46.4 Å². The highest BCUT2D eigenvalue weighted by Crippen LogP contribution is 2.08. The zero-order valence-corrected chi connectivity index (χ0v) is 10.8. The van der Waals surface area contributed by atoms with Crippen LogP contribution in [-0.4, -0.2) is 25.6 Å². The topological polar surface area (TPSA) is 103 Å². The summed E-state index contributed by atoms with van der Waals surface area (Å²) in [4.78, 5) is 25.7. The van der Waals surface area contributed by atoms with E-state index >= 15 is 0 Å². The van der Waals surface area contributed by atoms with Crippen LogP contribution in [0, 0.1) is 17.0 Å². The van der Waals surface area contributed by atoms with Gasteiger partial charge in [-0.25, -0.2) is 4.98 Å². The lowest BCUT2D eigenvalue weighted by Crippen LogP contribution is -2.15. The summed E-state index contributed by atoms with van der Waals surface area (Å²) >= 11 is 0. The van der Waals surface area contributed by atoms with Crippen molar-refractivity contribution in [3.63, 3.8) is 0 Å². The minimum atomic E-state index is -0.528. The molecule has 0 bridgehead atoms. The number of hydrogen-bond acceptors (Lipinski definition) is 5. The predicted molar refractivity (Wildman–Crippen MR) is 71.1 cm³/mol. The second-order valence-electron chi connectivity index (χ2n) is 4.24. The molecule has 0 atom stereocenters. The number of aryl methyl sites for hydroxylation is 2. The second-order valence-corrected chi connectivity index (χ2v) is 4.24. The average Bonchev–Trinajstić information content (AvgIpc) is 2.88. The molecule has 0 unspecified atom stereocenters. The molecule has 0 saturated heterocycles. The Kier molecular flexibility index (Phi) is 4.04. The summed E-state index contributed by atoms with van der Waals surface area (Å²) in [6.45, 7) is 2.18. The fourth-order valence-electron chi connectivity index (χ4n) is 1.53. The van der Waals surface area contributed by atoms with Gasteiger partial charge in [0.25, 0.3) is 0 Å². The van der Waals surface area contributed by atoms with Gasteiger partial charge in [0.05, 0.1) is 4.92 Å². The van der Waals surface area contributed by atoms with Gasteiger partial charge in [0.15, 0.2) is 0 Å². The number of nitrogens with zero attached hydrogens (tertiary/aromatic N) is 4. The molecule has 8 nitrogen and oxygen atoms in total. The summed E-state index contributed by atoms with van der Waals surface area (Å²) in [7, 11) is 0. The molecule has 0 saturated carbocycles. The number of carbonyl (C=O) groups excluding carboxylic acids is 1. The number of hydrogen-bond donors (Lipinski definition) is 1. The molecule has 0 aliphatic heterocycles. The van der Waals surface area contributed by atoms with Crippen LogP contribution in [0.5, 0.6) is 0 Å². The monoisotopic (exact) mass is 275 g/mol. The maximum Gasteiger partial charge on any atom is 0.306 e. The molecule has 2 aromatic heterocycles. The molecule has 0 aliphatic rings. The second kappa shape index (κ2) is 5.91. The molecule has 8 heteroatoms. The first-order chi connectivity index (χ1) is 9.54. The predicted octanol–water partition coefficient (Wildman–Crippen LogP) is 1.52. The third-order valence-electron chi connectivity index (χ3n) is 2.58. The first kappa shape index (κ1) is 13.7. The molecule has 0 spiro atoms. The highest BCUT2D eigenvalue weighted by atomic mass is 16.6. The smallest absolute Gasteiger partial charge is 0.306 e. The number of anilines is 1. The number of carbonyl (C=O) groups is 1. The van der Waals surface area contributed by atoms with Gasteiger partial charge in [0.1, 0.15) is 18.2 Å². The fourth-order valence-corrected chi connectivity index (χ4v) is 1.53. The van der Waals surface area contributed by atoms with Crippen molar-refractivity contribution in [3.8, 4) is 0 Å². The van der Waals surface area contributed by atoms with E-state index in [-0.39, 0.29) is 24.6 Å². The SMILES string of the molecule is Cc1ccc(NC(=O)CCn2cc([N+](=O)[O-])cn2)nc1. The molecule has 2 aromatic rings. The number of nitrogens with one attached hydrogen (secondary N) is 1. The molecule has 1 amide bonds. The third-order valence-corrected chi connectivity index (χ3v) is 2.58. The lowest BCUT2D eigenvalue weighted by Gasteiger charge is -2.04. The summed E-state index contributed by atoms with van der Waals surface area (Å²) in [5.41, 5.74) is 0.914. The number of amides is 1. The first-order valence-electron chi connectivity index (χ1n) is 5.94.